The maximum absolute atomic E-state index is 13.0. The molecule has 0 bridgehead atoms. The Labute approximate surface area is 116 Å². The topological polar surface area (TPSA) is 0 Å². The molecule has 0 heterocycles. The molecule has 0 saturated heterocycles. The fraction of sp³-hybridized carbons (Fsp3) is 1.00. The number of hydrogen-bond donors (Lipinski definition) is 0. The molecule has 1 unspecified atom stereocenters. The van der Waals surface area contributed by atoms with Crippen LogP contribution in [0.1, 0.15) is 26.2 Å². The van der Waals surface area contributed by atoms with Crippen molar-refractivity contribution in [2.24, 2.45) is 0 Å². The molecule has 0 aliphatic rings. The van der Waals surface area contributed by atoms with E-state index in [9.17, 15) is 39.5 Å². The van der Waals surface area contributed by atoms with E-state index in [2.05, 4.69) is 0 Å². The SMILES string of the molecule is CCCCC(F)C(F)(F)C(F)(F)C(F)(F)C(F)(F)I. The van der Waals surface area contributed by atoms with E-state index in [1.54, 1.807) is 0 Å². The van der Waals surface area contributed by atoms with E-state index >= 15 is 0 Å². The lowest BCUT2D eigenvalue weighted by Crippen LogP contribution is -2.63. The monoisotopic (exact) mass is 416 g/mol. The Morgan fingerprint density at radius 1 is 0.895 bits per heavy atom. The third-order valence-electron chi connectivity index (χ3n) is 2.37. The predicted molar refractivity (Wildman–Crippen MR) is 58.2 cm³/mol. The molecule has 0 radical (unpaired) electrons. The first-order chi connectivity index (χ1) is 8.23. The van der Waals surface area contributed by atoms with Gasteiger partial charge in [0.15, 0.2) is 6.17 Å². The van der Waals surface area contributed by atoms with Gasteiger partial charge in [0.2, 0.25) is 0 Å². The summed E-state index contributed by atoms with van der Waals surface area (Å²) in [4.78, 5) is 0. The molecule has 0 rings (SSSR count). The summed E-state index contributed by atoms with van der Waals surface area (Å²) >= 11 is -0.382. The third-order valence-corrected chi connectivity index (χ3v) is 3.05. The molecular weight excluding hydrogens is 406 g/mol. The Morgan fingerprint density at radius 2 is 1.32 bits per heavy atom. The molecule has 0 aromatic carbocycles. The van der Waals surface area contributed by atoms with Gasteiger partial charge >= 0.3 is 21.7 Å². The van der Waals surface area contributed by atoms with Gasteiger partial charge in [0, 0.05) is 22.6 Å². The van der Waals surface area contributed by atoms with Crippen molar-refractivity contribution in [3.8, 4) is 0 Å². The van der Waals surface area contributed by atoms with E-state index in [-0.39, 0.29) is 35.4 Å². The summed E-state index contributed by atoms with van der Waals surface area (Å²) < 4.78 is 110. The Balaban J connectivity index is 5.38. The van der Waals surface area contributed by atoms with Gasteiger partial charge in [-0.05, 0) is 6.42 Å². The van der Waals surface area contributed by atoms with E-state index < -0.39 is 34.3 Å². The first-order valence-electron chi connectivity index (χ1n) is 5.07. The molecule has 0 aromatic heterocycles. The second-order valence-electron chi connectivity index (χ2n) is 3.88. The molecule has 0 nitrogen and oxygen atoms in total. The lowest BCUT2D eigenvalue weighted by molar-refractivity contribution is -0.354. The molecule has 10 heteroatoms. The van der Waals surface area contributed by atoms with E-state index in [1.165, 1.54) is 6.92 Å². The Kier molecular flexibility index (Phi) is 5.87. The Morgan fingerprint density at radius 3 is 1.63 bits per heavy atom. The van der Waals surface area contributed by atoms with Crippen molar-refractivity contribution in [3.05, 3.63) is 0 Å². The standard InChI is InChI=1S/C9H10F9I/c1-2-3-4-5(10)6(11,12)7(13,14)8(15,16)9(17,18)19/h5H,2-4H2,1H3. The third kappa shape index (κ3) is 3.41. The summed E-state index contributed by atoms with van der Waals surface area (Å²) in [5.74, 6) is -18.8. The predicted octanol–water partition coefficient (Wildman–Crippen LogP) is 5.45. The Bertz CT molecular complexity index is 297. The van der Waals surface area contributed by atoms with E-state index in [1.807, 2.05) is 0 Å². The van der Waals surface area contributed by atoms with Crippen LogP contribution in [-0.2, 0) is 0 Å². The van der Waals surface area contributed by atoms with Gasteiger partial charge in [-0.2, -0.15) is 35.1 Å². The first-order valence-corrected chi connectivity index (χ1v) is 6.15. The first kappa shape index (κ1) is 19.1. The summed E-state index contributed by atoms with van der Waals surface area (Å²) in [5, 5.41) is 0. The van der Waals surface area contributed by atoms with Crippen LogP contribution in [0.2, 0.25) is 0 Å². The van der Waals surface area contributed by atoms with Crippen LogP contribution >= 0.6 is 22.6 Å². The van der Waals surface area contributed by atoms with Crippen LogP contribution in [0, 0.1) is 0 Å². The normalized spacial score (nSPS) is 16.6. The van der Waals surface area contributed by atoms with Gasteiger partial charge in [-0.15, -0.1) is 0 Å². The molecule has 0 fully saturated rings. The van der Waals surface area contributed by atoms with E-state index in [4.69, 9.17) is 0 Å². The molecule has 0 spiro atoms. The number of rotatable bonds is 7. The van der Waals surface area contributed by atoms with Gasteiger partial charge < -0.3 is 0 Å². The maximum atomic E-state index is 13.0. The highest BCUT2D eigenvalue weighted by atomic mass is 127. The molecule has 0 aliphatic heterocycles. The van der Waals surface area contributed by atoms with Gasteiger partial charge in [0.05, 0.1) is 0 Å². The number of alkyl halides is 10. The summed E-state index contributed by atoms with van der Waals surface area (Å²) in [5.41, 5.74) is 0. The summed E-state index contributed by atoms with van der Waals surface area (Å²) in [6.07, 6.45) is -4.87. The Hall–Kier alpha value is 0.1000. The zero-order valence-corrected chi connectivity index (χ0v) is 11.6. The minimum atomic E-state index is -6.50. The minimum absolute atomic E-state index is 0.154. The van der Waals surface area contributed by atoms with Crippen molar-refractivity contribution >= 4 is 22.6 Å². The summed E-state index contributed by atoms with van der Waals surface area (Å²) in [6.45, 7) is 1.43. The summed E-state index contributed by atoms with van der Waals surface area (Å²) in [6, 6.07) is 0. The van der Waals surface area contributed by atoms with Gasteiger partial charge in [0.25, 0.3) is 0 Å². The fourth-order valence-corrected chi connectivity index (χ4v) is 1.49. The van der Waals surface area contributed by atoms with Crippen LogP contribution in [-0.4, -0.2) is 27.9 Å². The molecule has 0 aromatic rings. The average Bonchev–Trinajstić information content (AvgIpc) is 2.23. The van der Waals surface area contributed by atoms with Crippen molar-refractivity contribution in [2.45, 2.75) is 54.1 Å². The molecule has 0 N–H and O–H groups in total. The highest BCUT2D eigenvalue weighted by molar-refractivity contribution is 14.1. The maximum Gasteiger partial charge on any atom is 0.387 e. The van der Waals surface area contributed by atoms with Crippen LogP contribution in [0.4, 0.5) is 39.5 Å². The quantitative estimate of drug-likeness (QED) is 0.294. The number of halogens is 10. The van der Waals surface area contributed by atoms with Crippen molar-refractivity contribution < 1.29 is 39.5 Å². The van der Waals surface area contributed by atoms with Crippen molar-refractivity contribution in [1.29, 1.82) is 0 Å². The zero-order valence-electron chi connectivity index (χ0n) is 9.48. The average molecular weight is 416 g/mol. The molecule has 1 atom stereocenters. The second-order valence-corrected chi connectivity index (χ2v) is 5.23. The highest BCUT2D eigenvalue weighted by Crippen LogP contribution is 2.56. The lowest BCUT2D eigenvalue weighted by Gasteiger charge is -2.36. The van der Waals surface area contributed by atoms with E-state index in [0.29, 0.717) is 0 Å². The van der Waals surface area contributed by atoms with Crippen molar-refractivity contribution in [1.82, 2.24) is 0 Å². The van der Waals surface area contributed by atoms with Crippen LogP contribution in [0.5, 0.6) is 0 Å². The minimum Gasteiger partial charge on any atom is -0.241 e. The lowest BCUT2D eigenvalue weighted by atomic mass is 9.97. The number of hydrogen-bond acceptors (Lipinski definition) is 0. The molecular formula is C9H10F9I. The van der Waals surface area contributed by atoms with Crippen molar-refractivity contribution in [3.63, 3.8) is 0 Å². The highest BCUT2D eigenvalue weighted by Gasteiger charge is 2.81. The van der Waals surface area contributed by atoms with Gasteiger partial charge in [-0.3, -0.25) is 0 Å². The largest absolute Gasteiger partial charge is 0.387 e. The van der Waals surface area contributed by atoms with Crippen LogP contribution in [0.3, 0.4) is 0 Å². The van der Waals surface area contributed by atoms with Gasteiger partial charge in [-0.1, -0.05) is 19.8 Å². The van der Waals surface area contributed by atoms with Crippen LogP contribution in [0.15, 0.2) is 0 Å². The summed E-state index contributed by atoms with van der Waals surface area (Å²) in [7, 11) is 0. The number of unbranched alkanes of at least 4 members (excludes halogenated alkanes) is 1. The molecule has 0 saturated carbocycles. The van der Waals surface area contributed by atoms with Crippen LogP contribution < -0.4 is 0 Å². The smallest absolute Gasteiger partial charge is 0.241 e. The molecule has 0 aliphatic carbocycles. The fourth-order valence-electron chi connectivity index (χ4n) is 1.15. The second kappa shape index (κ2) is 5.84. The zero-order chi connectivity index (χ0) is 15.7. The van der Waals surface area contributed by atoms with Gasteiger partial charge in [-0.25, -0.2) is 4.39 Å². The molecule has 116 valence electrons. The van der Waals surface area contributed by atoms with E-state index in [0.717, 1.165) is 0 Å². The molecule has 19 heavy (non-hydrogen) atoms. The van der Waals surface area contributed by atoms with Gasteiger partial charge in [0.1, 0.15) is 0 Å². The van der Waals surface area contributed by atoms with Crippen LogP contribution in [0.25, 0.3) is 0 Å². The van der Waals surface area contributed by atoms with Crippen molar-refractivity contribution in [2.75, 3.05) is 0 Å². The molecule has 0 amide bonds.